The minimum atomic E-state index is -0.652. The molecule has 0 radical (unpaired) electrons. The van der Waals surface area contributed by atoms with Crippen LogP contribution in [0.25, 0.3) is 0 Å². The van der Waals surface area contributed by atoms with Gasteiger partial charge in [-0.25, -0.2) is 4.79 Å². The van der Waals surface area contributed by atoms with Crippen molar-refractivity contribution in [1.82, 2.24) is 0 Å². The van der Waals surface area contributed by atoms with Crippen LogP contribution in [0.5, 0.6) is 5.75 Å². The summed E-state index contributed by atoms with van der Waals surface area (Å²) in [6.45, 7) is 5.24. The van der Waals surface area contributed by atoms with Gasteiger partial charge in [-0.1, -0.05) is 6.07 Å². The summed E-state index contributed by atoms with van der Waals surface area (Å²) in [7, 11) is 0. The van der Waals surface area contributed by atoms with Crippen molar-refractivity contribution in [3.8, 4) is 5.75 Å². The van der Waals surface area contributed by atoms with Crippen molar-refractivity contribution in [2.45, 2.75) is 32.8 Å². The van der Waals surface area contributed by atoms with Crippen molar-refractivity contribution < 1.29 is 19.4 Å². The number of aromatic hydroxyl groups is 1. The summed E-state index contributed by atoms with van der Waals surface area (Å²) in [4.78, 5) is 21.9. The summed E-state index contributed by atoms with van der Waals surface area (Å²) < 4.78 is 5.07. The maximum Gasteiger partial charge on any atom is 0.412 e. The molecule has 0 bridgehead atoms. The largest absolute Gasteiger partial charge is 0.506 e. The van der Waals surface area contributed by atoms with E-state index in [1.165, 1.54) is 12.1 Å². The average molecular weight is 251 g/mol. The fourth-order valence-corrected chi connectivity index (χ4v) is 1.32. The highest BCUT2D eigenvalue weighted by molar-refractivity contribution is 5.87. The third-order valence-corrected chi connectivity index (χ3v) is 2.02. The van der Waals surface area contributed by atoms with Crippen LogP contribution in [0.3, 0.4) is 0 Å². The summed E-state index contributed by atoms with van der Waals surface area (Å²) in [5.74, 6) is -0.0736. The van der Waals surface area contributed by atoms with Gasteiger partial charge >= 0.3 is 6.09 Å². The second-order valence-electron chi connectivity index (χ2n) is 4.85. The lowest BCUT2D eigenvalue weighted by molar-refractivity contribution is -0.107. The monoisotopic (exact) mass is 251 g/mol. The molecular formula is C13H17NO4. The number of nitrogens with one attached hydrogen (secondary N) is 1. The Hall–Kier alpha value is -2.04. The molecule has 98 valence electrons. The van der Waals surface area contributed by atoms with Gasteiger partial charge in [-0.3, -0.25) is 5.32 Å². The van der Waals surface area contributed by atoms with Crippen LogP contribution in [0.4, 0.5) is 10.5 Å². The molecule has 1 aromatic rings. The van der Waals surface area contributed by atoms with Crippen LogP contribution in [-0.2, 0) is 16.0 Å². The molecule has 0 atom stereocenters. The van der Waals surface area contributed by atoms with Gasteiger partial charge in [0.2, 0.25) is 0 Å². The maximum absolute atomic E-state index is 11.5. The first kappa shape index (κ1) is 14.0. The van der Waals surface area contributed by atoms with Crippen LogP contribution in [0.1, 0.15) is 26.3 Å². The van der Waals surface area contributed by atoms with Gasteiger partial charge in [0.25, 0.3) is 0 Å². The Bertz CT molecular complexity index is 449. The van der Waals surface area contributed by atoms with Crippen LogP contribution in [0, 0.1) is 0 Å². The molecule has 0 aliphatic carbocycles. The first-order chi connectivity index (χ1) is 8.31. The summed E-state index contributed by atoms with van der Waals surface area (Å²) in [5.41, 5.74) is 0.317. The van der Waals surface area contributed by atoms with E-state index in [0.717, 1.165) is 6.29 Å². The fourth-order valence-electron chi connectivity index (χ4n) is 1.32. The number of phenols is 1. The van der Waals surface area contributed by atoms with Crippen LogP contribution in [0.15, 0.2) is 18.2 Å². The molecule has 1 aromatic carbocycles. The number of hydrogen-bond acceptors (Lipinski definition) is 4. The van der Waals surface area contributed by atoms with Crippen molar-refractivity contribution in [3.05, 3.63) is 23.8 Å². The van der Waals surface area contributed by atoms with E-state index >= 15 is 0 Å². The van der Waals surface area contributed by atoms with Crippen molar-refractivity contribution in [2.75, 3.05) is 5.32 Å². The van der Waals surface area contributed by atoms with Gasteiger partial charge in [0.05, 0.1) is 5.69 Å². The average Bonchev–Trinajstić information content (AvgIpc) is 2.20. The number of rotatable bonds is 3. The number of carbonyl (C=O) groups is 2. The number of amides is 1. The van der Waals surface area contributed by atoms with Gasteiger partial charge in [-0.05, 0) is 38.5 Å². The van der Waals surface area contributed by atoms with Crippen LogP contribution >= 0.6 is 0 Å². The van der Waals surface area contributed by atoms with Gasteiger partial charge < -0.3 is 14.6 Å². The molecule has 0 saturated carbocycles. The van der Waals surface area contributed by atoms with E-state index < -0.39 is 11.7 Å². The zero-order valence-corrected chi connectivity index (χ0v) is 10.7. The first-order valence-electron chi connectivity index (χ1n) is 5.57. The van der Waals surface area contributed by atoms with Gasteiger partial charge in [0.1, 0.15) is 17.6 Å². The molecule has 0 spiro atoms. The van der Waals surface area contributed by atoms with Crippen LogP contribution in [0.2, 0.25) is 0 Å². The zero-order valence-electron chi connectivity index (χ0n) is 10.7. The molecule has 18 heavy (non-hydrogen) atoms. The Morgan fingerprint density at radius 1 is 1.44 bits per heavy atom. The second kappa shape index (κ2) is 5.53. The molecular weight excluding hydrogens is 234 g/mol. The standard InChI is InChI=1S/C13H17NO4/c1-13(2,3)18-12(17)14-10-8-9(6-7-15)4-5-11(10)16/h4-5,7-8,16H,6H2,1-3H3,(H,14,17). The van der Waals surface area contributed by atoms with Crippen molar-refractivity contribution in [2.24, 2.45) is 0 Å². The highest BCUT2D eigenvalue weighted by atomic mass is 16.6. The Kier molecular flexibility index (Phi) is 4.31. The predicted molar refractivity (Wildman–Crippen MR) is 67.7 cm³/mol. The highest BCUT2D eigenvalue weighted by Crippen LogP contribution is 2.25. The second-order valence-corrected chi connectivity index (χ2v) is 4.85. The Morgan fingerprint density at radius 2 is 2.11 bits per heavy atom. The highest BCUT2D eigenvalue weighted by Gasteiger charge is 2.17. The van der Waals surface area contributed by atoms with Crippen molar-refractivity contribution in [1.29, 1.82) is 0 Å². The van der Waals surface area contributed by atoms with E-state index in [0.29, 0.717) is 5.56 Å². The molecule has 0 aliphatic heterocycles. The molecule has 1 amide bonds. The Morgan fingerprint density at radius 3 is 2.67 bits per heavy atom. The topological polar surface area (TPSA) is 75.6 Å². The molecule has 0 aliphatic rings. The number of carbonyl (C=O) groups excluding carboxylic acids is 2. The van der Waals surface area contributed by atoms with Gasteiger partial charge in [0, 0.05) is 6.42 Å². The SMILES string of the molecule is CC(C)(C)OC(=O)Nc1cc(CC=O)ccc1O. The minimum Gasteiger partial charge on any atom is -0.506 e. The number of hydrogen-bond donors (Lipinski definition) is 2. The number of benzene rings is 1. The smallest absolute Gasteiger partial charge is 0.412 e. The molecule has 0 heterocycles. The molecule has 0 fully saturated rings. The molecule has 5 heteroatoms. The number of aldehydes is 1. The Balaban J connectivity index is 2.80. The molecule has 5 nitrogen and oxygen atoms in total. The molecule has 0 saturated heterocycles. The third kappa shape index (κ3) is 4.45. The predicted octanol–water partition coefficient (Wildman–Crippen LogP) is 2.48. The third-order valence-electron chi connectivity index (χ3n) is 2.02. The van der Waals surface area contributed by atoms with Gasteiger partial charge in [0.15, 0.2) is 0 Å². The number of phenolic OH excluding ortho intramolecular Hbond substituents is 1. The molecule has 2 N–H and O–H groups in total. The van der Waals surface area contributed by atoms with E-state index in [-0.39, 0.29) is 17.9 Å². The van der Waals surface area contributed by atoms with E-state index in [9.17, 15) is 14.7 Å². The summed E-state index contributed by atoms with van der Waals surface area (Å²) in [5, 5.41) is 12.0. The summed E-state index contributed by atoms with van der Waals surface area (Å²) in [6, 6.07) is 4.57. The van der Waals surface area contributed by atoms with E-state index in [1.807, 2.05) is 0 Å². The normalized spacial score (nSPS) is 10.8. The number of ether oxygens (including phenoxy) is 1. The number of anilines is 1. The minimum absolute atomic E-state index is 0.0736. The van der Waals surface area contributed by atoms with Crippen LogP contribution in [-0.4, -0.2) is 23.1 Å². The lowest BCUT2D eigenvalue weighted by Crippen LogP contribution is -2.27. The van der Waals surface area contributed by atoms with Gasteiger partial charge in [-0.15, -0.1) is 0 Å². The Labute approximate surface area is 106 Å². The van der Waals surface area contributed by atoms with Crippen LogP contribution < -0.4 is 5.32 Å². The lowest BCUT2D eigenvalue weighted by atomic mass is 10.1. The maximum atomic E-state index is 11.5. The van der Waals surface area contributed by atoms with Crippen molar-refractivity contribution >= 4 is 18.1 Å². The fraction of sp³-hybridized carbons (Fsp3) is 0.385. The van der Waals surface area contributed by atoms with Crippen molar-refractivity contribution in [3.63, 3.8) is 0 Å². The van der Waals surface area contributed by atoms with E-state index in [4.69, 9.17) is 4.74 Å². The zero-order chi connectivity index (χ0) is 13.8. The molecule has 0 aromatic heterocycles. The molecule has 0 unspecified atom stereocenters. The van der Waals surface area contributed by atoms with Gasteiger partial charge in [-0.2, -0.15) is 0 Å². The molecule has 1 rings (SSSR count). The summed E-state index contributed by atoms with van der Waals surface area (Å²) in [6.07, 6.45) is 0.327. The quantitative estimate of drug-likeness (QED) is 0.639. The lowest BCUT2D eigenvalue weighted by Gasteiger charge is -2.20. The first-order valence-corrected chi connectivity index (χ1v) is 5.57. The van der Waals surface area contributed by atoms with E-state index in [2.05, 4.69) is 5.32 Å². The van der Waals surface area contributed by atoms with E-state index in [1.54, 1.807) is 26.8 Å². The summed E-state index contributed by atoms with van der Waals surface area (Å²) >= 11 is 0.